The van der Waals surface area contributed by atoms with Gasteiger partial charge >= 0.3 is 5.97 Å². The van der Waals surface area contributed by atoms with E-state index >= 15 is 0 Å². The lowest BCUT2D eigenvalue weighted by atomic mass is 9.95. The minimum absolute atomic E-state index is 0.173. The number of aromatic amines is 1. The molecular weight excluding hydrogens is 462 g/mol. The average Bonchev–Trinajstić information content (AvgIpc) is 3.35. The van der Waals surface area contributed by atoms with Gasteiger partial charge in [-0.1, -0.05) is 35.9 Å². The van der Waals surface area contributed by atoms with Crippen LogP contribution in [0.2, 0.25) is 5.02 Å². The molecule has 0 aliphatic rings. The van der Waals surface area contributed by atoms with Crippen LogP contribution in [0.5, 0.6) is 0 Å². The predicted molar refractivity (Wildman–Crippen MR) is 139 cm³/mol. The summed E-state index contributed by atoms with van der Waals surface area (Å²) in [5.41, 5.74) is 12.4. The van der Waals surface area contributed by atoms with Crippen LogP contribution in [0.15, 0.2) is 72.9 Å². The summed E-state index contributed by atoms with van der Waals surface area (Å²) < 4.78 is 0. The van der Waals surface area contributed by atoms with Crippen molar-refractivity contribution in [2.75, 3.05) is 0 Å². The Balaban J connectivity index is 1.73. The number of benzene rings is 3. The van der Waals surface area contributed by atoms with Crippen molar-refractivity contribution < 1.29 is 14.7 Å². The third-order valence-electron chi connectivity index (χ3n) is 5.98. The van der Waals surface area contributed by atoms with E-state index in [9.17, 15) is 14.7 Å². The summed E-state index contributed by atoms with van der Waals surface area (Å²) in [4.78, 5) is 27.5. The van der Waals surface area contributed by atoms with Crippen LogP contribution < -0.4 is 11.1 Å². The molecule has 0 bridgehead atoms. The number of hydrogen-bond acceptors (Lipinski definition) is 3. The molecule has 1 heterocycles. The summed E-state index contributed by atoms with van der Waals surface area (Å²) in [5, 5.41) is 13.0. The van der Waals surface area contributed by atoms with Crippen molar-refractivity contribution in [2.45, 2.75) is 26.4 Å². The average molecular weight is 488 g/mol. The molecule has 7 heteroatoms. The maximum atomic E-state index is 13.1. The Hall–Kier alpha value is -3.87. The number of hydrogen-bond donors (Lipinski definition) is 4. The van der Waals surface area contributed by atoms with E-state index in [1.54, 1.807) is 12.1 Å². The molecule has 0 saturated heterocycles. The van der Waals surface area contributed by atoms with Gasteiger partial charge in [0.05, 0.1) is 11.6 Å². The fourth-order valence-electron chi connectivity index (χ4n) is 3.97. The molecule has 0 fully saturated rings. The summed E-state index contributed by atoms with van der Waals surface area (Å²) in [6.07, 6.45) is 1.46. The zero-order valence-corrected chi connectivity index (χ0v) is 20.2. The van der Waals surface area contributed by atoms with Crippen LogP contribution in [0.25, 0.3) is 22.4 Å². The second kappa shape index (κ2) is 10.2. The number of carbonyl (C=O) groups is 2. The molecule has 1 aromatic heterocycles. The number of halogens is 1. The van der Waals surface area contributed by atoms with Gasteiger partial charge in [-0.15, -0.1) is 0 Å². The predicted octanol–water partition coefficient (Wildman–Crippen LogP) is 5.96. The molecule has 1 unspecified atom stereocenters. The summed E-state index contributed by atoms with van der Waals surface area (Å²) in [7, 11) is 0. The third kappa shape index (κ3) is 5.45. The molecule has 5 N–H and O–H groups in total. The number of aromatic carboxylic acids is 1. The third-order valence-corrected chi connectivity index (χ3v) is 6.22. The summed E-state index contributed by atoms with van der Waals surface area (Å²) in [6.45, 7) is 4.16. The molecule has 1 amide bonds. The van der Waals surface area contributed by atoms with Crippen LogP contribution in [0.1, 0.15) is 50.4 Å². The Morgan fingerprint density at radius 2 is 1.80 bits per heavy atom. The number of carboxylic acid groups (broad SMARTS) is 1. The van der Waals surface area contributed by atoms with Gasteiger partial charge in [0.2, 0.25) is 0 Å². The first-order valence-corrected chi connectivity index (χ1v) is 11.6. The van der Waals surface area contributed by atoms with E-state index in [-0.39, 0.29) is 17.5 Å². The van der Waals surface area contributed by atoms with Crippen LogP contribution in [0, 0.1) is 6.92 Å². The van der Waals surface area contributed by atoms with Crippen molar-refractivity contribution in [3.63, 3.8) is 0 Å². The number of aromatic nitrogens is 1. The quantitative estimate of drug-likeness (QED) is 0.258. The highest BCUT2D eigenvalue weighted by Crippen LogP contribution is 2.32. The van der Waals surface area contributed by atoms with E-state index in [4.69, 9.17) is 17.3 Å². The summed E-state index contributed by atoms with van der Waals surface area (Å²) in [5.74, 6) is -1.19. The molecule has 35 heavy (non-hydrogen) atoms. The Morgan fingerprint density at radius 1 is 1.03 bits per heavy atom. The van der Waals surface area contributed by atoms with Crippen LogP contribution >= 0.6 is 11.6 Å². The minimum Gasteiger partial charge on any atom is -0.478 e. The van der Waals surface area contributed by atoms with Gasteiger partial charge in [-0.25, -0.2) is 4.79 Å². The summed E-state index contributed by atoms with van der Waals surface area (Å²) >= 11 is 6.23. The number of amides is 1. The maximum absolute atomic E-state index is 13.1. The second-order valence-electron chi connectivity index (χ2n) is 8.51. The molecule has 0 radical (unpaired) electrons. The van der Waals surface area contributed by atoms with Crippen LogP contribution in [0.3, 0.4) is 0 Å². The number of aryl methyl sites for hydroxylation is 1. The highest BCUT2D eigenvalue weighted by Gasteiger charge is 2.17. The van der Waals surface area contributed by atoms with Crippen molar-refractivity contribution in [3.8, 4) is 22.4 Å². The number of nitrogens with two attached hydrogens (primary N) is 1. The first-order chi connectivity index (χ1) is 16.7. The van der Waals surface area contributed by atoms with Crippen LogP contribution in [-0.4, -0.2) is 22.0 Å². The smallest absolute Gasteiger partial charge is 0.337 e. The molecule has 0 aliphatic carbocycles. The lowest BCUT2D eigenvalue weighted by Crippen LogP contribution is -2.27. The molecule has 3 aromatic carbocycles. The number of carboxylic acids is 1. The van der Waals surface area contributed by atoms with E-state index in [2.05, 4.69) is 10.3 Å². The molecule has 6 nitrogen and oxygen atoms in total. The van der Waals surface area contributed by atoms with E-state index in [1.807, 2.05) is 68.4 Å². The van der Waals surface area contributed by atoms with Gasteiger partial charge < -0.3 is 21.1 Å². The fourth-order valence-corrected chi connectivity index (χ4v) is 4.17. The van der Waals surface area contributed by atoms with Gasteiger partial charge in [0, 0.05) is 29.0 Å². The maximum Gasteiger partial charge on any atom is 0.337 e. The lowest BCUT2D eigenvalue weighted by molar-refractivity contribution is 0.0696. The number of nitrogens with one attached hydrogen (secondary N) is 2. The lowest BCUT2D eigenvalue weighted by Gasteiger charge is -2.18. The van der Waals surface area contributed by atoms with Crippen molar-refractivity contribution in [1.29, 1.82) is 0 Å². The van der Waals surface area contributed by atoms with Crippen LogP contribution in [0.4, 0.5) is 0 Å². The number of rotatable bonds is 7. The van der Waals surface area contributed by atoms with E-state index in [0.717, 1.165) is 33.4 Å². The Morgan fingerprint density at radius 3 is 2.49 bits per heavy atom. The summed E-state index contributed by atoms with van der Waals surface area (Å²) in [6, 6.07) is 20.3. The Labute approximate surface area is 208 Å². The van der Waals surface area contributed by atoms with Gasteiger partial charge in [0.25, 0.3) is 5.91 Å². The molecule has 0 spiro atoms. The molecular formula is C28H26ClN3O3. The SMILES string of the molecule is Cc1ccc(CN)cc1C(=O)NC(C)c1cc(-c2cccc(Cl)c2)cc(-c2cc(C(=O)O)c[nH]2)c1. The van der Waals surface area contributed by atoms with Crippen molar-refractivity contribution in [2.24, 2.45) is 5.73 Å². The van der Waals surface area contributed by atoms with Gasteiger partial charge in [-0.2, -0.15) is 0 Å². The molecule has 1 atom stereocenters. The largest absolute Gasteiger partial charge is 0.478 e. The van der Waals surface area contributed by atoms with Gasteiger partial charge in [0.1, 0.15) is 0 Å². The first kappa shape index (κ1) is 24.3. The Kier molecular flexibility index (Phi) is 7.05. The molecule has 4 rings (SSSR count). The second-order valence-corrected chi connectivity index (χ2v) is 8.95. The molecule has 4 aromatic rings. The van der Waals surface area contributed by atoms with Gasteiger partial charge in [0.15, 0.2) is 0 Å². The molecule has 178 valence electrons. The molecule has 0 saturated carbocycles. The van der Waals surface area contributed by atoms with E-state index < -0.39 is 5.97 Å². The van der Waals surface area contributed by atoms with E-state index in [1.165, 1.54) is 6.20 Å². The van der Waals surface area contributed by atoms with E-state index in [0.29, 0.717) is 22.8 Å². The Bertz CT molecular complexity index is 1410. The topological polar surface area (TPSA) is 108 Å². The highest BCUT2D eigenvalue weighted by atomic mass is 35.5. The number of carbonyl (C=O) groups excluding carboxylic acids is 1. The van der Waals surface area contributed by atoms with Crippen molar-refractivity contribution >= 4 is 23.5 Å². The monoisotopic (exact) mass is 487 g/mol. The zero-order valence-electron chi connectivity index (χ0n) is 19.4. The van der Waals surface area contributed by atoms with Crippen LogP contribution in [-0.2, 0) is 6.54 Å². The first-order valence-electron chi connectivity index (χ1n) is 11.2. The highest BCUT2D eigenvalue weighted by molar-refractivity contribution is 6.30. The fraction of sp³-hybridized carbons (Fsp3) is 0.143. The normalized spacial score (nSPS) is 11.8. The number of H-pyrrole nitrogens is 1. The zero-order chi connectivity index (χ0) is 25.1. The standard InChI is InChI=1S/C28H26ClN3O3/c1-16-6-7-18(14-30)8-25(16)27(33)32-17(2)20-9-21(19-4-3-5-24(29)12-19)11-22(10-20)26-13-23(15-31-26)28(34)35/h3-13,15,17,31H,14,30H2,1-2H3,(H,32,33)(H,34,35). The van der Waals surface area contributed by atoms with Crippen molar-refractivity contribution in [1.82, 2.24) is 10.3 Å². The van der Waals surface area contributed by atoms with Gasteiger partial charge in [-0.05, 0) is 89.7 Å². The van der Waals surface area contributed by atoms with Gasteiger partial charge in [-0.3, -0.25) is 4.79 Å². The minimum atomic E-state index is -1.01. The van der Waals surface area contributed by atoms with Crippen molar-refractivity contribution in [3.05, 3.63) is 106 Å². The molecule has 0 aliphatic heterocycles.